The molecule has 0 fully saturated rings. The third-order valence-electron chi connectivity index (χ3n) is 2.42. The Balaban J connectivity index is 2.76. The molecule has 4 heteroatoms. The van der Waals surface area contributed by atoms with E-state index in [-0.39, 0.29) is 5.30 Å². The molecule has 0 aliphatic heterocycles. The number of benzene rings is 2. The van der Waals surface area contributed by atoms with Gasteiger partial charge >= 0.3 is 7.60 Å². The quantitative estimate of drug-likeness (QED) is 0.725. The van der Waals surface area contributed by atoms with Crippen LogP contribution in [0, 0.1) is 6.92 Å². The van der Waals surface area contributed by atoms with Crippen molar-refractivity contribution >= 4 is 23.7 Å². The fraction of sp³-hybridized carbons (Fsp3) is 0.0909. The second-order valence-corrected chi connectivity index (χ2v) is 5.13. The van der Waals surface area contributed by atoms with Crippen LogP contribution in [0.2, 0.25) is 0 Å². The highest BCUT2D eigenvalue weighted by molar-refractivity contribution is 7.60. The molecule has 0 bridgehead atoms. The van der Waals surface area contributed by atoms with E-state index in [1.807, 2.05) is 25.1 Å². The molecule has 2 N–H and O–H groups in total. The minimum absolute atomic E-state index is 0.0734. The topological polar surface area (TPSA) is 57.5 Å². The zero-order valence-electron chi connectivity index (χ0n) is 8.21. The number of fused-ring (bicyclic) bond motifs is 1. The summed E-state index contributed by atoms with van der Waals surface area (Å²) in [6, 6.07) is 10.5. The molecular weight excluding hydrogens is 211 g/mol. The fourth-order valence-electron chi connectivity index (χ4n) is 1.60. The Morgan fingerprint density at radius 2 is 1.87 bits per heavy atom. The van der Waals surface area contributed by atoms with Gasteiger partial charge in [0.2, 0.25) is 0 Å². The highest BCUT2D eigenvalue weighted by Gasteiger charge is 2.16. The predicted molar refractivity (Wildman–Crippen MR) is 60.4 cm³/mol. The largest absolute Gasteiger partial charge is 0.356 e. The van der Waals surface area contributed by atoms with E-state index in [1.165, 1.54) is 6.07 Å². The van der Waals surface area contributed by atoms with E-state index >= 15 is 0 Å². The van der Waals surface area contributed by atoms with Gasteiger partial charge in [-0.1, -0.05) is 24.3 Å². The smallest absolute Gasteiger partial charge is 0.321 e. The van der Waals surface area contributed by atoms with Crippen LogP contribution in [0.1, 0.15) is 5.56 Å². The molecule has 0 aromatic heterocycles. The van der Waals surface area contributed by atoms with E-state index < -0.39 is 7.60 Å². The van der Waals surface area contributed by atoms with Gasteiger partial charge in [-0.3, -0.25) is 4.57 Å². The Hall–Kier alpha value is -1.15. The molecule has 15 heavy (non-hydrogen) atoms. The molecule has 3 nitrogen and oxygen atoms in total. The molecule has 0 saturated carbocycles. The van der Waals surface area contributed by atoms with Crippen molar-refractivity contribution in [3.05, 3.63) is 42.0 Å². The highest BCUT2D eigenvalue weighted by Crippen LogP contribution is 2.34. The van der Waals surface area contributed by atoms with Crippen LogP contribution in [0.25, 0.3) is 10.8 Å². The summed E-state index contributed by atoms with van der Waals surface area (Å²) >= 11 is 0. The summed E-state index contributed by atoms with van der Waals surface area (Å²) in [5.74, 6) is 0. The summed E-state index contributed by atoms with van der Waals surface area (Å²) in [7, 11) is -4.14. The molecule has 0 saturated heterocycles. The molecular formula is C11H11O3P. The second-order valence-electron chi connectivity index (χ2n) is 3.52. The third kappa shape index (κ3) is 1.95. The van der Waals surface area contributed by atoms with E-state index in [9.17, 15) is 4.57 Å². The van der Waals surface area contributed by atoms with E-state index in [2.05, 4.69) is 0 Å². The standard InChI is InChI=1S/C11H11O3P/c1-8-3-2-4-9-5-6-10(7-11(8)9)15(12,13)14/h2-7H,1H3,(H2,12,13,14). The molecule has 0 aliphatic carbocycles. The summed E-state index contributed by atoms with van der Waals surface area (Å²) in [4.78, 5) is 18.1. The van der Waals surface area contributed by atoms with Gasteiger partial charge in [0.15, 0.2) is 0 Å². The van der Waals surface area contributed by atoms with Gasteiger partial charge in [0, 0.05) is 0 Å². The number of aryl methyl sites for hydroxylation is 1. The van der Waals surface area contributed by atoms with Crippen molar-refractivity contribution in [2.24, 2.45) is 0 Å². The van der Waals surface area contributed by atoms with Gasteiger partial charge in [-0.25, -0.2) is 0 Å². The normalized spacial score (nSPS) is 11.9. The third-order valence-corrected chi connectivity index (χ3v) is 3.37. The van der Waals surface area contributed by atoms with Crippen LogP contribution < -0.4 is 5.30 Å². The Labute approximate surface area is 87.5 Å². The van der Waals surface area contributed by atoms with Gasteiger partial charge in [-0.05, 0) is 35.4 Å². The van der Waals surface area contributed by atoms with Crippen LogP contribution in [0.5, 0.6) is 0 Å². The van der Waals surface area contributed by atoms with Crippen LogP contribution >= 0.6 is 7.60 Å². The zero-order valence-corrected chi connectivity index (χ0v) is 9.11. The Morgan fingerprint density at radius 3 is 2.53 bits per heavy atom. The van der Waals surface area contributed by atoms with Gasteiger partial charge in [0.05, 0.1) is 5.30 Å². The van der Waals surface area contributed by atoms with Gasteiger partial charge in [-0.2, -0.15) is 0 Å². The van der Waals surface area contributed by atoms with Gasteiger partial charge in [-0.15, -0.1) is 0 Å². The van der Waals surface area contributed by atoms with Gasteiger partial charge < -0.3 is 9.79 Å². The summed E-state index contributed by atoms with van der Waals surface area (Å²) in [6.45, 7) is 1.92. The number of hydrogen-bond donors (Lipinski definition) is 2. The molecule has 2 aromatic carbocycles. The van der Waals surface area contributed by atoms with Crippen molar-refractivity contribution in [1.29, 1.82) is 0 Å². The molecule has 2 rings (SSSR count). The lowest BCUT2D eigenvalue weighted by Gasteiger charge is -2.07. The summed E-state index contributed by atoms with van der Waals surface area (Å²) in [6.07, 6.45) is 0. The first-order valence-electron chi connectivity index (χ1n) is 4.54. The average molecular weight is 222 g/mol. The van der Waals surface area contributed by atoms with Crippen LogP contribution in [0.4, 0.5) is 0 Å². The lowest BCUT2D eigenvalue weighted by Crippen LogP contribution is -2.03. The molecule has 2 aromatic rings. The molecule has 0 atom stereocenters. The average Bonchev–Trinajstić information content (AvgIpc) is 2.16. The molecule has 0 amide bonds. The Kier molecular flexibility index (Phi) is 2.39. The molecule has 0 aliphatic rings. The van der Waals surface area contributed by atoms with Crippen molar-refractivity contribution in [1.82, 2.24) is 0 Å². The monoisotopic (exact) mass is 222 g/mol. The molecule has 0 unspecified atom stereocenters. The molecule has 0 spiro atoms. The van der Waals surface area contributed by atoms with E-state index in [4.69, 9.17) is 9.79 Å². The maximum Gasteiger partial charge on any atom is 0.356 e. The van der Waals surface area contributed by atoms with Crippen LogP contribution in [-0.4, -0.2) is 9.79 Å². The zero-order chi connectivity index (χ0) is 11.1. The van der Waals surface area contributed by atoms with Crippen LogP contribution in [0.3, 0.4) is 0 Å². The van der Waals surface area contributed by atoms with Crippen molar-refractivity contribution in [3.8, 4) is 0 Å². The molecule has 78 valence electrons. The lowest BCUT2D eigenvalue weighted by atomic mass is 10.1. The first-order chi connectivity index (χ1) is 6.98. The summed E-state index contributed by atoms with van der Waals surface area (Å²) in [5, 5.41) is 1.95. The minimum Gasteiger partial charge on any atom is -0.321 e. The fourth-order valence-corrected chi connectivity index (χ4v) is 2.16. The second kappa shape index (κ2) is 3.46. The van der Waals surface area contributed by atoms with Crippen molar-refractivity contribution in [2.45, 2.75) is 6.92 Å². The van der Waals surface area contributed by atoms with Gasteiger partial charge in [0.25, 0.3) is 0 Å². The molecule has 0 radical (unpaired) electrons. The van der Waals surface area contributed by atoms with E-state index in [1.54, 1.807) is 12.1 Å². The van der Waals surface area contributed by atoms with Crippen LogP contribution in [0.15, 0.2) is 36.4 Å². The number of hydrogen-bond acceptors (Lipinski definition) is 1. The van der Waals surface area contributed by atoms with E-state index in [0.717, 1.165) is 16.3 Å². The lowest BCUT2D eigenvalue weighted by molar-refractivity contribution is 0.387. The first kappa shape index (κ1) is 10.4. The minimum atomic E-state index is -4.14. The highest BCUT2D eigenvalue weighted by atomic mass is 31.2. The first-order valence-corrected chi connectivity index (χ1v) is 6.15. The summed E-state index contributed by atoms with van der Waals surface area (Å²) in [5.41, 5.74) is 1.02. The van der Waals surface area contributed by atoms with Crippen molar-refractivity contribution in [3.63, 3.8) is 0 Å². The molecule has 0 heterocycles. The van der Waals surface area contributed by atoms with Crippen molar-refractivity contribution < 1.29 is 14.4 Å². The Bertz CT molecular complexity index is 557. The van der Waals surface area contributed by atoms with Crippen molar-refractivity contribution in [2.75, 3.05) is 0 Å². The summed E-state index contributed by atoms with van der Waals surface area (Å²) < 4.78 is 11.1. The maximum atomic E-state index is 11.1. The predicted octanol–water partition coefficient (Wildman–Crippen LogP) is 1.95. The van der Waals surface area contributed by atoms with Crippen LogP contribution in [-0.2, 0) is 4.57 Å². The number of rotatable bonds is 1. The maximum absolute atomic E-state index is 11.1. The Morgan fingerprint density at radius 1 is 1.13 bits per heavy atom. The SMILES string of the molecule is Cc1cccc2ccc(P(=O)(O)O)cc12. The van der Waals surface area contributed by atoms with E-state index in [0.29, 0.717) is 0 Å². The van der Waals surface area contributed by atoms with Gasteiger partial charge in [0.1, 0.15) is 0 Å².